The summed E-state index contributed by atoms with van der Waals surface area (Å²) in [4.78, 5) is 4.27. The summed E-state index contributed by atoms with van der Waals surface area (Å²) >= 11 is 1.34. The van der Waals surface area contributed by atoms with Crippen molar-refractivity contribution in [2.75, 3.05) is 0 Å². The second-order valence-electron chi connectivity index (χ2n) is 3.14. The van der Waals surface area contributed by atoms with E-state index in [0.717, 1.165) is 16.3 Å². The minimum absolute atomic E-state index is 0.701. The summed E-state index contributed by atoms with van der Waals surface area (Å²) in [6.45, 7) is 0. The van der Waals surface area contributed by atoms with Crippen molar-refractivity contribution in [2.45, 2.75) is 0 Å². The van der Waals surface area contributed by atoms with Gasteiger partial charge >= 0.3 is 0 Å². The van der Waals surface area contributed by atoms with Crippen molar-refractivity contribution >= 4 is 33.7 Å². The molecule has 0 fully saturated rings. The first kappa shape index (κ1) is 8.43. The van der Waals surface area contributed by atoms with Crippen LogP contribution in [0, 0.1) is 0 Å². The lowest BCUT2D eigenvalue weighted by atomic mass is 10.2. The predicted octanol–water partition coefficient (Wildman–Crippen LogP) is 2.63. The van der Waals surface area contributed by atoms with Gasteiger partial charge in [-0.2, -0.15) is 0 Å². The smallest absolute Gasteiger partial charge is 0.198 e. The van der Waals surface area contributed by atoms with Crippen LogP contribution in [-0.4, -0.2) is 18.9 Å². The number of aromatic amines is 2. The molecule has 2 heterocycles. The molecule has 3 aromatic rings. The van der Waals surface area contributed by atoms with Crippen molar-refractivity contribution in [3.63, 3.8) is 0 Å². The molecular weight excluding hydrogens is 208 g/mol. The summed E-state index contributed by atoms with van der Waals surface area (Å²) < 4.78 is 5.95. The number of pyridine rings is 1. The van der Waals surface area contributed by atoms with E-state index in [4.69, 9.17) is 0 Å². The van der Waals surface area contributed by atoms with Crippen molar-refractivity contribution in [3.05, 3.63) is 36.5 Å². The fourth-order valence-electron chi connectivity index (χ4n) is 1.54. The number of nitrogens with one attached hydrogen (secondary N) is 2. The van der Waals surface area contributed by atoms with Gasteiger partial charge in [0.25, 0.3) is 0 Å². The van der Waals surface area contributed by atoms with E-state index in [9.17, 15) is 0 Å². The Morgan fingerprint density at radius 2 is 2.07 bits per heavy atom. The van der Waals surface area contributed by atoms with E-state index in [1.807, 2.05) is 30.5 Å². The molecular formula is C10H8N4S. The summed E-state index contributed by atoms with van der Waals surface area (Å²) in [7, 11) is 0. The maximum Gasteiger partial charge on any atom is 0.198 e. The van der Waals surface area contributed by atoms with Crippen molar-refractivity contribution < 1.29 is 0 Å². The molecule has 2 N–H and O–H groups in total. The summed E-state index contributed by atoms with van der Waals surface area (Å²) in [5, 5.41) is 6.33. The molecule has 1 aromatic carbocycles. The van der Waals surface area contributed by atoms with E-state index < -0.39 is 0 Å². The van der Waals surface area contributed by atoms with Crippen LogP contribution >= 0.6 is 11.7 Å². The Balaban J connectivity index is 2.61. The summed E-state index contributed by atoms with van der Waals surface area (Å²) in [5.41, 5.74) is 1.67. The van der Waals surface area contributed by atoms with Gasteiger partial charge in [0, 0.05) is 28.7 Å². The minimum atomic E-state index is 0.701. The molecule has 0 unspecified atom stereocenters. The topological polar surface area (TPSA) is 57.4 Å². The van der Waals surface area contributed by atoms with Gasteiger partial charge in [-0.05, 0) is 0 Å². The Bertz CT molecular complexity index is 647. The third kappa shape index (κ3) is 1.37. The van der Waals surface area contributed by atoms with Crippen LogP contribution in [0.15, 0.2) is 36.5 Å². The van der Waals surface area contributed by atoms with Gasteiger partial charge in [-0.3, -0.25) is 4.37 Å². The lowest BCUT2D eigenvalue weighted by molar-refractivity contribution is 1.13. The maximum absolute atomic E-state index is 4.27. The average Bonchev–Trinajstić information content (AvgIpc) is 2.54. The zero-order valence-electron chi connectivity index (χ0n) is 7.77. The van der Waals surface area contributed by atoms with Crippen LogP contribution in [0.25, 0.3) is 21.9 Å². The predicted molar refractivity (Wildman–Crippen MR) is 61.3 cm³/mol. The molecule has 74 valence electrons. The minimum Gasteiger partial charge on any atom is -0.292 e. The van der Waals surface area contributed by atoms with Gasteiger partial charge < -0.3 is 0 Å². The molecule has 0 aliphatic heterocycles. The molecule has 4 nitrogen and oxygen atoms in total. The zero-order valence-corrected chi connectivity index (χ0v) is 8.58. The number of rotatable bonds is 0. The van der Waals surface area contributed by atoms with Crippen LogP contribution in [0.3, 0.4) is 0 Å². The third-order valence-electron chi connectivity index (χ3n) is 2.24. The molecule has 3 rings (SSSR count). The van der Waals surface area contributed by atoms with Crippen LogP contribution in [0.2, 0.25) is 0 Å². The fraction of sp³-hybridized carbons (Fsp3) is 0. The Morgan fingerprint density at radius 3 is 3.07 bits per heavy atom. The van der Waals surface area contributed by atoms with E-state index >= 15 is 0 Å². The number of hydrogen-bond donors (Lipinski definition) is 2. The molecule has 0 aliphatic rings. The highest BCUT2D eigenvalue weighted by Crippen LogP contribution is 2.18. The zero-order chi connectivity index (χ0) is 10.1. The van der Waals surface area contributed by atoms with E-state index in [-0.39, 0.29) is 0 Å². The van der Waals surface area contributed by atoms with Gasteiger partial charge in [0.05, 0.1) is 0 Å². The highest BCUT2D eigenvalue weighted by atomic mass is 32.1. The standard InChI is InChI=1S/C10H8N4S/c1-2-4-7-6-11-10-9(8(7)5-3-1)13-15-14-12-10/h1-6,13-14H. The molecule has 0 amide bonds. The molecule has 0 spiro atoms. The number of nitrogens with zero attached hydrogens (tertiary/aromatic N) is 2. The molecule has 2 aromatic heterocycles. The first-order valence-corrected chi connectivity index (χ1v) is 5.35. The van der Waals surface area contributed by atoms with E-state index in [0.29, 0.717) is 5.65 Å². The molecule has 0 radical (unpaired) electrons. The first-order valence-electron chi connectivity index (χ1n) is 4.54. The van der Waals surface area contributed by atoms with Gasteiger partial charge in [0.1, 0.15) is 5.52 Å². The van der Waals surface area contributed by atoms with Gasteiger partial charge in [0.2, 0.25) is 0 Å². The third-order valence-corrected chi connectivity index (χ3v) is 2.73. The first-order chi connectivity index (χ1) is 7.45. The molecule has 0 atom stereocenters. The Hall–Kier alpha value is -1.88. The highest BCUT2D eigenvalue weighted by Gasteiger charge is 2.00. The second-order valence-corrected chi connectivity index (χ2v) is 3.73. The van der Waals surface area contributed by atoms with Gasteiger partial charge in [-0.15, -0.1) is 5.10 Å². The monoisotopic (exact) mass is 216 g/mol. The molecule has 5 heteroatoms. The second kappa shape index (κ2) is 3.36. The molecule has 0 bridgehead atoms. The van der Waals surface area contributed by atoms with Crippen LogP contribution in [0.4, 0.5) is 0 Å². The summed E-state index contributed by atoms with van der Waals surface area (Å²) in [6, 6.07) is 10.1. The fourth-order valence-corrected chi connectivity index (χ4v) is 2.02. The van der Waals surface area contributed by atoms with Crippen LogP contribution in [0.5, 0.6) is 0 Å². The maximum atomic E-state index is 4.27. The lowest BCUT2D eigenvalue weighted by Crippen LogP contribution is -1.87. The Morgan fingerprint density at radius 1 is 1.13 bits per heavy atom. The largest absolute Gasteiger partial charge is 0.292 e. The van der Waals surface area contributed by atoms with Crippen molar-refractivity contribution in [1.29, 1.82) is 0 Å². The Kier molecular flexibility index (Phi) is 1.89. The van der Waals surface area contributed by atoms with Crippen LogP contribution < -0.4 is 0 Å². The molecule has 0 aliphatic carbocycles. The quantitative estimate of drug-likeness (QED) is 0.607. The molecule has 0 saturated carbocycles. The van der Waals surface area contributed by atoms with Crippen LogP contribution in [-0.2, 0) is 0 Å². The molecule has 15 heavy (non-hydrogen) atoms. The highest BCUT2D eigenvalue weighted by molar-refractivity contribution is 6.99. The van der Waals surface area contributed by atoms with Gasteiger partial charge in [-0.25, -0.2) is 9.47 Å². The van der Waals surface area contributed by atoms with Crippen molar-refractivity contribution in [2.24, 2.45) is 0 Å². The van der Waals surface area contributed by atoms with E-state index in [2.05, 4.69) is 25.0 Å². The summed E-state index contributed by atoms with van der Waals surface area (Å²) in [6.07, 6.45) is 1.83. The number of H-pyrrole nitrogens is 2. The normalized spacial score (nSPS) is 10.7. The van der Waals surface area contributed by atoms with Gasteiger partial charge in [0.15, 0.2) is 5.65 Å². The van der Waals surface area contributed by atoms with E-state index in [1.165, 1.54) is 11.7 Å². The van der Waals surface area contributed by atoms with Crippen molar-refractivity contribution in [3.8, 4) is 0 Å². The van der Waals surface area contributed by atoms with Crippen LogP contribution in [0.1, 0.15) is 0 Å². The van der Waals surface area contributed by atoms with Crippen molar-refractivity contribution in [1.82, 2.24) is 18.9 Å². The number of hydrogen-bond acceptors (Lipinski definition) is 3. The summed E-state index contributed by atoms with van der Waals surface area (Å²) in [5.74, 6) is 0. The number of fused-ring (bicyclic) bond motifs is 3. The molecule has 0 saturated heterocycles. The van der Waals surface area contributed by atoms with E-state index in [1.54, 1.807) is 0 Å². The Labute approximate surface area is 89.6 Å². The lowest BCUT2D eigenvalue weighted by Gasteiger charge is -1.98. The average molecular weight is 216 g/mol. The SMILES string of the molecule is c1ccc2cnc3n[nH]s[nH]c3c2cc1. The van der Waals surface area contributed by atoms with Gasteiger partial charge in [-0.1, -0.05) is 30.3 Å². The number of aromatic nitrogens is 4.